The average molecular weight is 386 g/mol. The molecular formula is C22H31N3O3. The normalized spacial score (nSPS) is 21.0. The Morgan fingerprint density at radius 3 is 2.50 bits per heavy atom. The Bertz CT molecular complexity index is 740. The van der Waals surface area contributed by atoms with E-state index >= 15 is 0 Å². The number of amides is 4. The predicted octanol–water partition coefficient (Wildman–Crippen LogP) is 3.20. The lowest BCUT2D eigenvalue weighted by molar-refractivity contribution is -0.139. The van der Waals surface area contributed by atoms with Crippen LogP contribution in [0.3, 0.4) is 0 Å². The zero-order chi connectivity index (χ0) is 20.1. The number of fused-ring (bicyclic) bond motifs is 2. The standard InChI is InChI=1S/C22H31N3O3/c1-3-5-14-24(15-6-4-2)19(26)16-25-20(27)22(23-21(25)28)13-9-11-17-10-7-8-12-18(17)22/h7-8,10,12H,3-6,9,11,13-16H2,1-2H3,(H,23,28)/t22-/m1/s1. The van der Waals surface area contributed by atoms with Crippen LogP contribution in [0.1, 0.15) is 63.5 Å². The molecule has 152 valence electrons. The number of hydrogen-bond donors (Lipinski definition) is 1. The largest absolute Gasteiger partial charge is 0.341 e. The highest BCUT2D eigenvalue weighted by atomic mass is 16.2. The van der Waals surface area contributed by atoms with Crippen LogP contribution in [0.5, 0.6) is 0 Å². The molecule has 1 aliphatic heterocycles. The van der Waals surface area contributed by atoms with E-state index in [1.54, 1.807) is 4.90 Å². The SMILES string of the molecule is CCCCN(CCCC)C(=O)CN1C(=O)N[C@@]2(CCCc3ccccc32)C1=O. The number of rotatable bonds is 8. The summed E-state index contributed by atoms with van der Waals surface area (Å²) in [6.45, 7) is 5.34. The number of urea groups is 1. The van der Waals surface area contributed by atoms with Gasteiger partial charge in [0.25, 0.3) is 5.91 Å². The number of unbranched alkanes of at least 4 members (excludes halogenated alkanes) is 2. The molecule has 1 atom stereocenters. The highest BCUT2D eigenvalue weighted by Crippen LogP contribution is 2.39. The van der Waals surface area contributed by atoms with Gasteiger partial charge in [0.05, 0.1) is 0 Å². The van der Waals surface area contributed by atoms with Gasteiger partial charge in [0.1, 0.15) is 12.1 Å². The Labute approximate surface area is 167 Å². The Morgan fingerprint density at radius 1 is 1.14 bits per heavy atom. The molecule has 28 heavy (non-hydrogen) atoms. The lowest BCUT2D eigenvalue weighted by Gasteiger charge is -2.33. The van der Waals surface area contributed by atoms with E-state index in [0.29, 0.717) is 19.5 Å². The van der Waals surface area contributed by atoms with Crippen LogP contribution in [0.4, 0.5) is 4.79 Å². The molecule has 1 aromatic rings. The minimum absolute atomic E-state index is 0.147. The molecule has 1 aliphatic carbocycles. The fourth-order valence-corrected chi connectivity index (χ4v) is 4.25. The van der Waals surface area contributed by atoms with Crippen LogP contribution in [0.2, 0.25) is 0 Å². The fourth-order valence-electron chi connectivity index (χ4n) is 4.25. The molecule has 2 aliphatic rings. The molecule has 3 rings (SSSR count). The van der Waals surface area contributed by atoms with Crippen LogP contribution >= 0.6 is 0 Å². The molecular weight excluding hydrogens is 354 g/mol. The fraction of sp³-hybridized carbons (Fsp3) is 0.591. The van der Waals surface area contributed by atoms with Gasteiger partial charge in [-0.25, -0.2) is 4.79 Å². The summed E-state index contributed by atoms with van der Waals surface area (Å²) in [4.78, 5) is 41.8. The zero-order valence-corrected chi connectivity index (χ0v) is 17.0. The van der Waals surface area contributed by atoms with Crippen LogP contribution in [-0.2, 0) is 21.5 Å². The van der Waals surface area contributed by atoms with Crippen LogP contribution in [0.25, 0.3) is 0 Å². The summed E-state index contributed by atoms with van der Waals surface area (Å²) in [6, 6.07) is 7.34. The number of imide groups is 1. The third-order valence-electron chi connectivity index (χ3n) is 5.86. The number of benzene rings is 1. The van der Waals surface area contributed by atoms with Gasteiger partial charge in [-0.05, 0) is 43.2 Å². The third-order valence-corrected chi connectivity index (χ3v) is 5.86. The summed E-state index contributed by atoms with van der Waals surface area (Å²) in [5.74, 6) is -0.435. The van der Waals surface area contributed by atoms with Gasteiger partial charge >= 0.3 is 6.03 Å². The summed E-state index contributed by atoms with van der Waals surface area (Å²) in [7, 11) is 0. The second kappa shape index (κ2) is 8.76. The summed E-state index contributed by atoms with van der Waals surface area (Å²) >= 11 is 0. The molecule has 1 saturated heterocycles. The van der Waals surface area contributed by atoms with Gasteiger partial charge in [0, 0.05) is 13.1 Å². The van der Waals surface area contributed by atoms with Crippen molar-refractivity contribution in [2.75, 3.05) is 19.6 Å². The summed E-state index contributed by atoms with van der Waals surface area (Å²) in [5, 5.41) is 2.92. The van der Waals surface area contributed by atoms with Crippen molar-refractivity contribution in [1.82, 2.24) is 15.1 Å². The topological polar surface area (TPSA) is 69.7 Å². The van der Waals surface area contributed by atoms with Crippen molar-refractivity contribution >= 4 is 17.8 Å². The molecule has 6 nitrogen and oxygen atoms in total. The van der Waals surface area contributed by atoms with Gasteiger partial charge in [0.15, 0.2) is 0 Å². The van der Waals surface area contributed by atoms with Gasteiger partial charge in [-0.3, -0.25) is 14.5 Å². The molecule has 6 heteroatoms. The van der Waals surface area contributed by atoms with E-state index < -0.39 is 11.6 Å². The first-order valence-corrected chi connectivity index (χ1v) is 10.5. The molecule has 0 unspecified atom stereocenters. The number of aryl methyl sites for hydroxylation is 1. The number of hydrogen-bond acceptors (Lipinski definition) is 3. The Balaban J connectivity index is 1.78. The van der Waals surface area contributed by atoms with Crippen molar-refractivity contribution in [3.63, 3.8) is 0 Å². The lowest BCUT2D eigenvalue weighted by atomic mass is 9.76. The van der Waals surface area contributed by atoms with Crippen molar-refractivity contribution < 1.29 is 14.4 Å². The second-order valence-electron chi connectivity index (χ2n) is 7.83. The molecule has 1 heterocycles. The van der Waals surface area contributed by atoms with Gasteiger partial charge in [-0.1, -0.05) is 51.0 Å². The molecule has 0 radical (unpaired) electrons. The van der Waals surface area contributed by atoms with Gasteiger partial charge in [0.2, 0.25) is 5.91 Å². The first-order valence-electron chi connectivity index (χ1n) is 10.5. The smallest absolute Gasteiger partial charge is 0.325 e. The van der Waals surface area contributed by atoms with Crippen LogP contribution in [-0.4, -0.2) is 47.3 Å². The minimum atomic E-state index is -1.01. The van der Waals surface area contributed by atoms with Crippen LogP contribution in [0.15, 0.2) is 24.3 Å². The molecule has 4 amide bonds. The van der Waals surface area contributed by atoms with Crippen LogP contribution < -0.4 is 5.32 Å². The first-order chi connectivity index (χ1) is 13.5. The quantitative estimate of drug-likeness (QED) is 0.699. The van der Waals surface area contributed by atoms with Crippen molar-refractivity contribution in [2.45, 2.75) is 64.3 Å². The molecule has 1 spiro atoms. The van der Waals surface area contributed by atoms with E-state index in [1.807, 2.05) is 24.3 Å². The summed E-state index contributed by atoms with van der Waals surface area (Å²) in [5.41, 5.74) is 0.968. The van der Waals surface area contributed by atoms with Gasteiger partial charge in [-0.2, -0.15) is 0 Å². The van der Waals surface area contributed by atoms with E-state index in [9.17, 15) is 14.4 Å². The monoisotopic (exact) mass is 385 g/mol. The molecule has 1 fully saturated rings. The van der Waals surface area contributed by atoms with E-state index in [1.165, 1.54) is 0 Å². The number of nitrogens with one attached hydrogen (secondary N) is 1. The zero-order valence-electron chi connectivity index (χ0n) is 17.0. The van der Waals surface area contributed by atoms with E-state index in [0.717, 1.165) is 54.6 Å². The molecule has 1 N–H and O–H groups in total. The average Bonchev–Trinajstić information content (AvgIpc) is 2.93. The maximum absolute atomic E-state index is 13.3. The Kier molecular flexibility index (Phi) is 6.37. The molecule has 1 aromatic carbocycles. The molecule has 0 saturated carbocycles. The van der Waals surface area contributed by atoms with E-state index in [-0.39, 0.29) is 18.4 Å². The highest BCUT2D eigenvalue weighted by Gasteiger charge is 2.54. The van der Waals surface area contributed by atoms with Crippen molar-refractivity contribution in [2.24, 2.45) is 0 Å². The number of carbonyl (C=O) groups excluding carboxylic acids is 3. The Hall–Kier alpha value is -2.37. The van der Waals surface area contributed by atoms with E-state index in [4.69, 9.17) is 0 Å². The Morgan fingerprint density at radius 2 is 1.82 bits per heavy atom. The number of nitrogens with zero attached hydrogens (tertiary/aromatic N) is 2. The second-order valence-corrected chi connectivity index (χ2v) is 7.83. The molecule has 0 bridgehead atoms. The summed E-state index contributed by atoms with van der Waals surface area (Å²) < 4.78 is 0. The maximum atomic E-state index is 13.3. The van der Waals surface area contributed by atoms with Gasteiger partial charge in [-0.15, -0.1) is 0 Å². The number of carbonyl (C=O) groups is 3. The van der Waals surface area contributed by atoms with Crippen LogP contribution in [0, 0.1) is 0 Å². The molecule has 0 aromatic heterocycles. The van der Waals surface area contributed by atoms with Gasteiger partial charge < -0.3 is 10.2 Å². The van der Waals surface area contributed by atoms with Crippen molar-refractivity contribution in [3.8, 4) is 0 Å². The summed E-state index contributed by atoms with van der Waals surface area (Å²) in [6.07, 6.45) is 6.16. The highest BCUT2D eigenvalue weighted by molar-refractivity contribution is 6.09. The minimum Gasteiger partial charge on any atom is -0.341 e. The van der Waals surface area contributed by atoms with E-state index in [2.05, 4.69) is 19.2 Å². The van der Waals surface area contributed by atoms with Crippen molar-refractivity contribution in [1.29, 1.82) is 0 Å². The first kappa shape index (κ1) is 20.4. The maximum Gasteiger partial charge on any atom is 0.325 e. The third kappa shape index (κ3) is 3.77. The lowest BCUT2D eigenvalue weighted by Crippen LogP contribution is -2.47. The van der Waals surface area contributed by atoms with Crippen molar-refractivity contribution in [3.05, 3.63) is 35.4 Å². The predicted molar refractivity (Wildman–Crippen MR) is 108 cm³/mol.